The molecule has 1 aromatic heterocycles. The lowest BCUT2D eigenvalue weighted by Gasteiger charge is -2.12. The predicted molar refractivity (Wildman–Crippen MR) is 117 cm³/mol. The molecule has 0 spiro atoms. The number of likely N-dealkylation sites (N-methyl/N-ethyl adjacent to an activating group) is 2. The molecule has 0 bridgehead atoms. The molecule has 0 radical (unpaired) electrons. The zero-order chi connectivity index (χ0) is 19.7. The molecule has 0 aromatic carbocycles. The molecule has 3 heterocycles. The van der Waals surface area contributed by atoms with Gasteiger partial charge in [0.15, 0.2) is 0 Å². The van der Waals surface area contributed by atoms with Gasteiger partial charge in [0.1, 0.15) is 18.2 Å². The van der Waals surface area contributed by atoms with Crippen LogP contribution in [0.5, 0.6) is 0 Å². The predicted octanol–water partition coefficient (Wildman–Crippen LogP) is 3.73. The highest BCUT2D eigenvalue weighted by Crippen LogP contribution is 2.10. The minimum atomic E-state index is -0.0191. The van der Waals surface area contributed by atoms with E-state index >= 15 is 0 Å². The van der Waals surface area contributed by atoms with Crippen molar-refractivity contribution in [1.82, 2.24) is 20.0 Å². The van der Waals surface area contributed by atoms with Gasteiger partial charge in [-0.3, -0.25) is 9.79 Å². The number of aryl methyl sites for hydroxylation is 2. The van der Waals surface area contributed by atoms with Crippen molar-refractivity contribution < 1.29 is 9.21 Å². The van der Waals surface area contributed by atoms with Crippen molar-refractivity contribution in [3.8, 4) is 0 Å². The molecule has 0 N–H and O–H groups in total. The van der Waals surface area contributed by atoms with Crippen LogP contribution in [-0.4, -0.2) is 64.8 Å². The largest absolute Gasteiger partial charge is 0.426 e. The first-order chi connectivity index (χ1) is 12.3. The maximum absolute atomic E-state index is 10.6. The van der Waals surface area contributed by atoms with Crippen molar-refractivity contribution >= 4 is 17.6 Å². The zero-order valence-electron chi connectivity index (χ0n) is 16.7. The van der Waals surface area contributed by atoms with Gasteiger partial charge >= 0.3 is 0 Å². The summed E-state index contributed by atoms with van der Waals surface area (Å²) in [5, 5.41) is 7.39. The van der Waals surface area contributed by atoms with Crippen molar-refractivity contribution in [2.75, 3.05) is 27.2 Å². The summed E-state index contributed by atoms with van der Waals surface area (Å²) in [6.45, 7) is 13.0. The molecule has 0 atom stereocenters. The number of hydrogen-bond donors (Lipinski definition) is 0. The molecule has 28 heavy (non-hydrogen) atoms. The zero-order valence-corrected chi connectivity index (χ0v) is 16.7. The number of nitrogens with zero attached hydrogens (tertiary/aromatic N) is 6. The van der Waals surface area contributed by atoms with Crippen LogP contribution >= 0.6 is 0 Å². The topological polar surface area (TPSA) is 87.2 Å². The normalized spacial score (nSPS) is 14.8. The van der Waals surface area contributed by atoms with Crippen LogP contribution in [0.3, 0.4) is 0 Å². The highest BCUT2D eigenvalue weighted by atomic mass is 16.4. The van der Waals surface area contributed by atoms with E-state index in [1.807, 2.05) is 32.8 Å². The van der Waals surface area contributed by atoms with Gasteiger partial charge in [-0.15, -0.1) is 10.2 Å². The van der Waals surface area contributed by atoms with E-state index in [2.05, 4.69) is 38.6 Å². The third-order valence-corrected chi connectivity index (χ3v) is 3.88. The summed E-state index contributed by atoms with van der Waals surface area (Å²) in [6, 6.07) is 0. The Morgan fingerprint density at radius 3 is 1.86 bits per heavy atom. The van der Waals surface area contributed by atoms with E-state index < -0.39 is 0 Å². The standard InChI is InChI=1S/C7H12N2.C6H10N2O.C5H8N2O.2CH4/c1-4-7-8-5-6(2)9(7)3;1-3-5-7-6(9)4-8(5)2;1-3-5-7-6-4(2)8-5;;/h2,4-5H2,1,3H3;3-4H2,1-2H3;3H2,1-2H3;2*1H4. The Morgan fingerprint density at radius 1 is 1.04 bits per heavy atom. The third kappa shape index (κ3) is 8.45. The maximum atomic E-state index is 10.6. The highest BCUT2D eigenvalue weighted by molar-refractivity contribution is 6.01. The molecule has 8 heteroatoms. The molecule has 2 aliphatic heterocycles. The molecule has 1 amide bonds. The summed E-state index contributed by atoms with van der Waals surface area (Å²) in [6.07, 6.45) is 2.68. The van der Waals surface area contributed by atoms with Gasteiger partial charge in [0, 0.05) is 46.0 Å². The molecule has 1 aromatic rings. The minimum Gasteiger partial charge on any atom is -0.426 e. The number of hydrogen-bond acceptors (Lipinski definition) is 7. The second-order valence-corrected chi connectivity index (χ2v) is 5.91. The van der Waals surface area contributed by atoms with E-state index in [0.29, 0.717) is 18.3 Å². The number of rotatable bonds is 3. The molecule has 8 nitrogen and oxygen atoms in total. The van der Waals surface area contributed by atoms with Crippen molar-refractivity contribution in [1.29, 1.82) is 0 Å². The van der Waals surface area contributed by atoms with Crippen molar-refractivity contribution in [3.63, 3.8) is 0 Å². The molecule has 3 rings (SSSR count). The van der Waals surface area contributed by atoms with Crippen LogP contribution in [0.25, 0.3) is 0 Å². The van der Waals surface area contributed by atoms with Crippen molar-refractivity contribution in [2.24, 2.45) is 9.98 Å². The van der Waals surface area contributed by atoms with Crippen molar-refractivity contribution in [3.05, 3.63) is 24.1 Å². The van der Waals surface area contributed by atoms with Crippen LogP contribution in [0.15, 0.2) is 26.7 Å². The van der Waals surface area contributed by atoms with E-state index in [1.54, 1.807) is 6.92 Å². The molecule has 0 aliphatic carbocycles. The van der Waals surface area contributed by atoms with Crippen molar-refractivity contribution in [2.45, 2.75) is 61.8 Å². The van der Waals surface area contributed by atoms with Gasteiger partial charge in [-0.05, 0) is 0 Å². The number of aliphatic imine (C=N–C) groups is 2. The van der Waals surface area contributed by atoms with Gasteiger partial charge in [0.25, 0.3) is 5.91 Å². The summed E-state index contributed by atoms with van der Waals surface area (Å²) in [4.78, 5) is 22.6. The molecular formula is C20H38N6O2. The molecule has 0 saturated carbocycles. The number of amides is 1. The number of carbonyl (C=O) groups is 1. The minimum absolute atomic E-state index is 0. The summed E-state index contributed by atoms with van der Waals surface area (Å²) in [5.41, 5.74) is 1.10. The second kappa shape index (κ2) is 13.6. The quantitative estimate of drug-likeness (QED) is 0.776. The molecular weight excluding hydrogens is 356 g/mol. The van der Waals surface area contributed by atoms with E-state index in [9.17, 15) is 4.79 Å². The summed E-state index contributed by atoms with van der Waals surface area (Å²) in [5.74, 6) is 3.39. The smallest absolute Gasteiger partial charge is 0.266 e. The Bertz CT molecular complexity index is 678. The lowest BCUT2D eigenvalue weighted by molar-refractivity contribution is -0.116. The van der Waals surface area contributed by atoms with Crippen LogP contribution < -0.4 is 0 Å². The van der Waals surface area contributed by atoms with Crippen LogP contribution in [-0.2, 0) is 11.2 Å². The number of aromatic nitrogens is 2. The fourth-order valence-electron chi connectivity index (χ4n) is 2.31. The molecule has 2 aliphatic rings. The monoisotopic (exact) mass is 394 g/mol. The average Bonchev–Trinajstić information content (AvgIpc) is 3.28. The third-order valence-electron chi connectivity index (χ3n) is 3.88. The second-order valence-electron chi connectivity index (χ2n) is 5.91. The SMILES string of the molecule is C.C.C=C1CN=C(CC)N1C.CCC1=NC(=O)CN1C.CCc1nnc(C)o1. The fourth-order valence-corrected chi connectivity index (χ4v) is 2.31. The summed E-state index contributed by atoms with van der Waals surface area (Å²) < 4.78 is 5.01. The highest BCUT2D eigenvalue weighted by Gasteiger charge is 2.16. The van der Waals surface area contributed by atoms with Crippen LogP contribution in [0.4, 0.5) is 0 Å². The molecule has 160 valence electrons. The molecule has 0 unspecified atom stereocenters. The van der Waals surface area contributed by atoms with E-state index in [0.717, 1.165) is 43.2 Å². The Kier molecular flexibility index (Phi) is 13.5. The fraction of sp³-hybridized carbons (Fsp3) is 0.650. The van der Waals surface area contributed by atoms with Gasteiger partial charge in [-0.25, -0.2) is 0 Å². The van der Waals surface area contributed by atoms with Gasteiger partial charge in [-0.1, -0.05) is 42.2 Å². The molecule has 0 saturated heterocycles. The average molecular weight is 395 g/mol. The Morgan fingerprint density at radius 2 is 1.64 bits per heavy atom. The first-order valence-corrected chi connectivity index (χ1v) is 8.87. The van der Waals surface area contributed by atoms with Crippen LogP contribution in [0, 0.1) is 6.92 Å². The summed E-state index contributed by atoms with van der Waals surface area (Å²) in [7, 11) is 3.89. The van der Waals surface area contributed by atoms with Gasteiger partial charge in [-0.2, -0.15) is 4.99 Å². The molecule has 0 fully saturated rings. The maximum Gasteiger partial charge on any atom is 0.266 e. The van der Waals surface area contributed by atoms with Gasteiger partial charge in [0.05, 0.1) is 6.54 Å². The van der Waals surface area contributed by atoms with E-state index in [-0.39, 0.29) is 20.8 Å². The van der Waals surface area contributed by atoms with Gasteiger partial charge in [0.2, 0.25) is 11.8 Å². The van der Waals surface area contributed by atoms with Crippen LogP contribution in [0.1, 0.15) is 60.2 Å². The Balaban J connectivity index is 0. The first kappa shape index (κ1) is 27.7. The van der Waals surface area contributed by atoms with Gasteiger partial charge < -0.3 is 14.2 Å². The van der Waals surface area contributed by atoms with Crippen LogP contribution in [0.2, 0.25) is 0 Å². The van der Waals surface area contributed by atoms with E-state index in [4.69, 9.17) is 4.42 Å². The summed E-state index contributed by atoms with van der Waals surface area (Å²) >= 11 is 0. The lowest BCUT2D eigenvalue weighted by atomic mass is 10.4. The number of carbonyl (C=O) groups excluding carboxylic acids is 1. The number of amidine groups is 2. The van der Waals surface area contributed by atoms with E-state index in [1.165, 1.54) is 0 Å². The first-order valence-electron chi connectivity index (χ1n) is 8.87. The Hall–Kier alpha value is -2.51. The Labute approximate surface area is 170 Å². The lowest BCUT2D eigenvalue weighted by Crippen LogP contribution is -2.22.